The highest BCUT2D eigenvalue weighted by atomic mass is 16.4. The summed E-state index contributed by atoms with van der Waals surface area (Å²) in [6.07, 6.45) is 6.70. The van der Waals surface area contributed by atoms with Crippen molar-refractivity contribution in [3.8, 4) is 0 Å². The molecule has 1 saturated carbocycles. The molecule has 2 fully saturated rings. The van der Waals surface area contributed by atoms with Crippen molar-refractivity contribution in [2.75, 3.05) is 13.1 Å². The number of aliphatic carboxylic acids is 1. The number of likely N-dealkylation sites (tertiary alicyclic amines) is 1. The number of amides is 1. The minimum atomic E-state index is -0.765. The van der Waals surface area contributed by atoms with Gasteiger partial charge < -0.3 is 10.0 Å². The third-order valence-electron chi connectivity index (χ3n) is 4.97. The normalized spacial score (nSPS) is 24.6. The van der Waals surface area contributed by atoms with E-state index < -0.39 is 5.97 Å². The number of carboxylic acids is 1. The fourth-order valence-electron chi connectivity index (χ4n) is 3.93. The highest BCUT2D eigenvalue weighted by molar-refractivity contribution is 5.78. The first-order valence-corrected chi connectivity index (χ1v) is 7.82. The lowest BCUT2D eigenvalue weighted by molar-refractivity contribution is -0.142. The van der Waals surface area contributed by atoms with E-state index in [2.05, 4.69) is 13.8 Å². The number of hydrogen-bond acceptors (Lipinski definition) is 2. The Kier molecular flexibility index (Phi) is 4.40. The maximum atomic E-state index is 12.6. The molecule has 1 heterocycles. The number of rotatable bonds is 4. The van der Waals surface area contributed by atoms with Crippen LogP contribution < -0.4 is 0 Å². The van der Waals surface area contributed by atoms with Crippen LogP contribution in [-0.2, 0) is 9.59 Å². The Morgan fingerprint density at radius 1 is 1.05 bits per heavy atom. The first kappa shape index (κ1) is 15.3. The van der Waals surface area contributed by atoms with Crippen LogP contribution in [0.25, 0.3) is 0 Å². The van der Waals surface area contributed by atoms with E-state index in [1.165, 1.54) is 0 Å². The Morgan fingerprint density at radius 3 is 2.25 bits per heavy atom. The van der Waals surface area contributed by atoms with Gasteiger partial charge in [-0.1, -0.05) is 26.7 Å². The molecule has 0 radical (unpaired) electrons. The van der Waals surface area contributed by atoms with Gasteiger partial charge in [0.05, 0.1) is 6.42 Å². The topological polar surface area (TPSA) is 57.6 Å². The maximum absolute atomic E-state index is 12.6. The summed E-state index contributed by atoms with van der Waals surface area (Å²) in [6.45, 7) is 6.06. The second kappa shape index (κ2) is 5.74. The maximum Gasteiger partial charge on any atom is 0.303 e. The first-order valence-electron chi connectivity index (χ1n) is 7.82. The lowest BCUT2D eigenvalue weighted by atomic mass is 9.78. The molecule has 114 valence electrons. The Balaban J connectivity index is 1.99. The average molecular weight is 281 g/mol. The molecule has 0 unspecified atom stereocenters. The van der Waals surface area contributed by atoms with E-state index in [0.29, 0.717) is 6.42 Å². The van der Waals surface area contributed by atoms with Crippen LogP contribution in [0.3, 0.4) is 0 Å². The molecule has 20 heavy (non-hydrogen) atoms. The molecule has 0 atom stereocenters. The number of carbonyl (C=O) groups is 2. The number of hydrogen-bond donors (Lipinski definition) is 1. The van der Waals surface area contributed by atoms with Crippen LogP contribution in [0.4, 0.5) is 0 Å². The smallest absolute Gasteiger partial charge is 0.303 e. The lowest BCUT2D eigenvalue weighted by Crippen LogP contribution is -2.45. The van der Waals surface area contributed by atoms with Crippen molar-refractivity contribution in [1.82, 2.24) is 4.90 Å². The van der Waals surface area contributed by atoms with Gasteiger partial charge in [-0.2, -0.15) is 0 Å². The number of carbonyl (C=O) groups excluding carboxylic acids is 1. The van der Waals surface area contributed by atoms with Gasteiger partial charge in [0, 0.05) is 19.5 Å². The SMILES string of the molecule is CC1(C)CCCN(C(=O)CC2(CC(=O)O)CCCC2)C1. The van der Waals surface area contributed by atoms with Gasteiger partial charge in [-0.25, -0.2) is 0 Å². The van der Waals surface area contributed by atoms with Gasteiger partial charge in [0.15, 0.2) is 0 Å². The van der Waals surface area contributed by atoms with Crippen LogP contribution in [0, 0.1) is 10.8 Å². The van der Waals surface area contributed by atoms with Crippen molar-refractivity contribution in [1.29, 1.82) is 0 Å². The summed E-state index contributed by atoms with van der Waals surface area (Å²) in [6, 6.07) is 0. The predicted octanol–water partition coefficient (Wildman–Crippen LogP) is 3.06. The largest absolute Gasteiger partial charge is 0.481 e. The fraction of sp³-hybridized carbons (Fsp3) is 0.875. The molecule has 1 N–H and O–H groups in total. The monoisotopic (exact) mass is 281 g/mol. The molecule has 1 saturated heterocycles. The minimum absolute atomic E-state index is 0.149. The number of carboxylic acid groups (broad SMARTS) is 1. The van der Waals surface area contributed by atoms with Gasteiger partial charge in [0.1, 0.15) is 0 Å². The summed E-state index contributed by atoms with van der Waals surface area (Å²) in [7, 11) is 0. The molecule has 4 nitrogen and oxygen atoms in total. The molecule has 2 rings (SSSR count). The molecule has 2 aliphatic rings. The number of nitrogens with zero attached hydrogens (tertiary/aromatic N) is 1. The molecular formula is C16H27NO3. The molecule has 0 spiro atoms. The minimum Gasteiger partial charge on any atom is -0.481 e. The molecule has 1 aliphatic heterocycles. The summed E-state index contributed by atoms with van der Waals surface area (Å²) in [5.74, 6) is -0.598. The first-order chi connectivity index (χ1) is 9.32. The van der Waals surface area contributed by atoms with E-state index in [9.17, 15) is 9.59 Å². The molecule has 1 amide bonds. The summed E-state index contributed by atoms with van der Waals surface area (Å²) in [5.41, 5.74) is -0.0753. The fourth-order valence-corrected chi connectivity index (χ4v) is 3.93. The molecule has 0 aromatic rings. The molecular weight excluding hydrogens is 254 g/mol. The predicted molar refractivity (Wildman–Crippen MR) is 77.4 cm³/mol. The van der Waals surface area contributed by atoms with Gasteiger partial charge in [-0.05, 0) is 36.5 Å². The van der Waals surface area contributed by atoms with Crippen molar-refractivity contribution in [2.24, 2.45) is 10.8 Å². The van der Waals surface area contributed by atoms with E-state index in [1.54, 1.807) is 0 Å². The van der Waals surface area contributed by atoms with E-state index in [0.717, 1.165) is 51.6 Å². The van der Waals surface area contributed by atoms with Gasteiger partial charge >= 0.3 is 5.97 Å². The zero-order valence-corrected chi connectivity index (χ0v) is 12.8. The lowest BCUT2D eigenvalue weighted by Gasteiger charge is -2.39. The number of piperidine rings is 1. The van der Waals surface area contributed by atoms with Gasteiger partial charge in [-0.3, -0.25) is 9.59 Å². The summed E-state index contributed by atoms with van der Waals surface area (Å²) >= 11 is 0. The molecule has 0 aromatic carbocycles. The molecule has 1 aliphatic carbocycles. The van der Waals surface area contributed by atoms with E-state index in [1.807, 2.05) is 4.90 Å². The Hall–Kier alpha value is -1.06. The van der Waals surface area contributed by atoms with Crippen LogP contribution in [0.15, 0.2) is 0 Å². The third-order valence-corrected chi connectivity index (χ3v) is 4.97. The van der Waals surface area contributed by atoms with Gasteiger partial charge in [0.2, 0.25) is 5.91 Å². The second-order valence-electron chi connectivity index (χ2n) is 7.54. The standard InChI is InChI=1S/C16H27NO3/c1-15(2)6-5-9-17(12-15)13(18)10-16(11-14(19)20)7-3-4-8-16/h3-12H2,1-2H3,(H,19,20). The molecule has 0 aromatic heterocycles. The van der Waals surface area contributed by atoms with Crippen LogP contribution in [-0.4, -0.2) is 35.0 Å². The van der Waals surface area contributed by atoms with Crippen molar-refractivity contribution in [2.45, 2.75) is 65.2 Å². The van der Waals surface area contributed by atoms with Gasteiger partial charge in [-0.15, -0.1) is 0 Å². The summed E-state index contributed by atoms with van der Waals surface area (Å²) in [5, 5.41) is 9.12. The van der Waals surface area contributed by atoms with E-state index in [-0.39, 0.29) is 23.2 Å². The third kappa shape index (κ3) is 3.74. The van der Waals surface area contributed by atoms with E-state index >= 15 is 0 Å². The average Bonchev–Trinajstić information content (AvgIpc) is 2.75. The van der Waals surface area contributed by atoms with Gasteiger partial charge in [0.25, 0.3) is 0 Å². The van der Waals surface area contributed by atoms with Crippen LogP contribution >= 0.6 is 0 Å². The second-order valence-corrected chi connectivity index (χ2v) is 7.54. The van der Waals surface area contributed by atoms with Crippen LogP contribution in [0.2, 0.25) is 0 Å². The van der Waals surface area contributed by atoms with Crippen LogP contribution in [0.1, 0.15) is 65.2 Å². The molecule has 0 bridgehead atoms. The van der Waals surface area contributed by atoms with Crippen molar-refractivity contribution < 1.29 is 14.7 Å². The quantitative estimate of drug-likeness (QED) is 0.861. The Labute approximate surface area is 121 Å². The zero-order valence-electron chi connectivity index (χ0n) is 12.8. The zero-order chi connectivity index (χ0) is 14.8. The van der Waals surface area contributed by atoms with Crippen LogP contribution in [0.5, 0.6) is 0 Å². The van der Waals surface area contributed by atoms with E-state index in [4.69, 9.17) is 5.11 Å². The van der Waals surface area contributed by atoms with Crippen molar-refractivity contribution >= 4 is 11.9 Å². The highest BCUT2D eigenvalue weighted by Crippen LogP contribution is 2.44. The Bertz CT molecular complexity index is 383. The van der Waals surface area contributed by atoms with Crippen molar-refractivity contribution in [3.63, 3.8) is 0 Å². The Morgan fingerprint density at radius 2 is 1.70 bits per heavy atom. The molecule has 4 heteroatoms. The van der Waals surface area contributed by atoms with Crippen molar-refractivity contribution in [3.05, 3.63) is 0 Å². The summed E-state index contributed by atoms with van der Waals surface area (Å²) in [4.78, 5) is 25.6. The highest BCUT2D eigenvalue weighted by Gasteiger charge is 2.40. The summed E-state index contributed by atoms with van der Waals surface area (Å²) < 4.78 is 0.